The van der Waals surface area contributed by atoms with Gasteiger partial charge < -0.3 is 4.74 Å². The molecule has 12 heteroatoms. The monoisotopic (exact) mass is 557 g/mol. The quantitative estimate of drug-likeness (QED) is 0.292. The average Bonchev–Trinajstić information content (AvgIpc) is 3.50. The lowest BCUT2D eigenvalue weighted by Crippen LogP contribution is -2.28. The van der Waals surface area contributed by atoms with Crippen molar-refractivity contribution in [3.8, 4) is 11.4 Å². The maximum atomic E-state index is 14.1. The molecule has 0 aliphatic heterocycles. The summed E-state index contributed by atoms with van der Waals surface area (Å²) in [7, 11) is 0. The van der Waals surface area contributed by atoms with E-state index in [0.717, 1.165) is 36.7 Å². The number of rotatable bonds is 8. The third-order valence-electron chi connectivity index (χ3n) is 7.42. The van der Waals surface area contributed by atoms with Crippen LogP contribution in [0.3, 0.4) is 0 Å². The Morgan fingerprint density at radius 1 is 1.11 bits per heavy atom. The van der Waals surface area contributed by atoms with E-state index in [-0.39, 0.29) is 34.8 Å². The second-order valence-corrected chi connectivity index (χ2v) is 11.4. The van der Waals surface area contributed by atoms with Crippen molar-refractivity contribution >= 4 is 11.3 Å². The zero-order chi connectivity index (χ0) is 27.2. The van der Waals surface area contributed by atoms with Gasteiger partial charge in [-0.3, -0.25) is 9.51 Å². The van der Waals surface area contributed by atoms with Crippen LogP contribution in [-0.2, 0) is 11.3 Å². The standard InChI is InChI=1S/C26H28F5N3O3S/c1-13-20(38-23(32-13)16-6-8-17(9-7-16)25(2,27)28)21(26(29,30)31)36-12-14-3-10-18(19(11-14)15-4-5-15)22-33-24(35)37-34-22/h3,10-11,15-17,21H,4-9,12H2,1-2H3,(H,33,34,35). The second kappa shape index (κ2) is 10.2. The number of hydrogen-bond acceptors (Lipinski definition) is 6. The molecule has 0 saturated heterocycles. The van der Waals surface area contributed by atoms with Gasteiger partial charge in [0, 0.05) is 17.4 Å². The van der Waals surface area contributed by atoms with Gasteiger partial charge in [-0.1, -0.05) is 23.4 Å². The number of aryl methyl sites for hydroxylation is 1. The third kappa shape index (κ3) is 5.85. The minimum Gasteiger partial charge on any atom is -0.358 e. The van der Waals surface area contributed by atoms with Gasteiger partial charge in [0.05, 0.1) is 22.2 Å². The molecule has 0 spiro atoms. The summed E-state index contributed by atoms with van der Waals surface area (Å²) in [5.41, 5.74) is 2.37. The van der Waals surface area contributed by atoms with Crippen LogP contribution in [0.1, 0.15) is 90.1 Å². The smallest absolute Gasteiger partial charge is 0.358 e. The predicted octanol–water partition coefficient (Wildman–Crippen LogP) is 7.42. The van der Waals surface area contributed by atoms with Crippen molar-refractivity contribution in [3.05, 3.63) is 55.5 Å². The van der Waals surface area contributed by atoms with Crippen molar-refractivity contribution in [1.29, 1.82) is 0 Å². The fraction of sp³-hybridized carbons (Fsp3) is 0.577. The number of alkyl halides is 5. The third-order valence-corrected chi connectivity index (χ3v) is 8.79. The first-order valence-corrected chi connectivity index (χ1v) is 13.4. The molecule has 1 N–H and O–H groups in total. The van der Waals surface area contributed by atoms with Gasteiger partial charge in [0.15, 0.2) is 11.9 Å². The largest absolute Gasteiger partial charge is 0.439 e. The summed E-state index contributed by atoms with van der Waals surface area (Å²) in [6.07, 6.45) is -3.34. The molecule has 6 nitrogen and oxygen atoms in total. The zero-order valence-electron chi connectivity index (χ0n) is 20.9. The summed E-state index contributed by atoms with van der Waals surface area (Å²) in [6.45, 7) is 2.18. The van der Waals surface area contributed by atoms with Crippen LogP contribution in [0, 0.1) is 12.8 Å². The first-order valence-electron chi connectivity index (χ1n) is 12.6. The number of H-pyrrole nitrogens is 1. The van der Waals surface area contributed by atoms with E-state index in [2.05, 4.69) is 19.6 Å². The molecule has 0 bridgehead atoms. The summed E-state index contributed by atoms with van der Waals surface area (Å²) in [5.74, 6) is -3.76. The van der Waals surface area contributed by atoms with Gasteiger partial charge in [-0.25, -0.2) is 18.6 Å². The summed E-state index contributed by atoms with van der Waals surface area (Å²) in [4.78, 5) is 18.3. The van der Waals surface area contributed by atoms with Gasteiger partial charge >= 0.3 is 11.9 Å². The van der Waals surface area contributed by atoms with Gasteiger partial charge in [0.25, 0.3) is 0 Å². The molecule has 5 rings (SSSR count). The van der Waals surface area contributed by atoms with Crippen molar-refractivity contribution in [2.45, 2.75) is 89.0 Å². The molecule has 1 unspecified atom stereocenters. The number of ether oxygens (including phenoxy) is 1. The number of aromatic nitrogens is 3. The highest BCUT2D eigenvalue weighted by molar-refractivity contribution is 7.11. The molecule has 2 heterocycles. The van der Waals surface area contributed by atoms with Crippen LogP contribution in [0.5, 0.6) is 0 Å². The van der Waals surface area contributed by atoms with E-state index in [4.69, 9.17) is 4.74 Å². The number of thiazole rings is 1. The fourth-order valence-electron chi connectivity index (χ4n) is 5.19. The Morgan fingerprint density at radius 3 is 2.37 bits per heavy atom. The Bertz CT molecular complexity index is 1330. The lowest BCUT2D eigenvalue weighted by Gasteiger charge is -2.31. The first kappa shape index (κ1) is 27.0. The maximum Gasteiger partial charge on any atom is 0.439 e. The zero-order valence-corrected chi connectivity index (χ0v) is 21.7. The molecule has 0 amide bonds. The minimum atomic E-state index is -4.66. The van der Waals surface area contributed by atoms with Gasteiger partial charge in [-0.2, -0.15) is 13.2 Å². The van der Waals surface area contributed by atoms with Crippen molar-refractivity contribution in [3.63, 3.8) is 0 Å². The Hall–Kier alpha value is -2.60. The fourth-order valence-corrected chi connectivity index (χ4v) is 6.50. The lowest BCUT2D eigenvalue weighted by atomic mass is 9.79. The molecular formula is C26H28F5N3O3S. The van der Waals surface area contributed by atoms with Gasteiger partial charge in [-0.15, -0.1) is 11.3 Å². The van der Waals surface area contributed by atoms with Crippen LogP contribution in [0.25, 0.3) is 11.4 Å². The summed E-state index contributed by atoms with van der Waals surface area (Å²) < 4.78 is 79.9. The molecule has 38 heavy (non-hydrogen) atoms. The molecule has 2 fully saturated rings. The van der Waals surface area contributed by atoms with Gasteiger partial charge in [0.1, 0.15) is 0 Å². The Balaban J connectivity index is 1.33. The molecule has 2 saturated carbocycles. The van der Waals surface area contributed by atoms with Crippen molar-refractivity contribution in [2.75, 3.05) is 0 Å². The number of nitrogens with zero attached hydrogens (tertiary/aromatic N) is 2. The van der Waals surface area contributed by atoms with E-state index in [1.807, 2.05) is 0 Å². The number of halogens is 5. The second-order valence-electron chi connectivity index (χ2n) is 10.4. The van der Waals surface area contributed by atoms with Crippen LogP contribution >= 0.6 is 11.3 Å². The molecule has 206 valence electrons. The van der Waals surface area contributed by atoms with Crippen LogP contribution in [0.4, 0.5) is 22.0 Å². The molecule has 2 aliphatic carbocycles. The van der Waals surface area contributed by atoms with Crippen LogP contribution < -0.4 is 5.76 Å². The molecule has 1 aromatic carbocycles. The van der Waals surface area contributed by atoms with Crippen LogP contribution in [-0.4, -0.2) is 27.2 Å². The molecule has 0 radical (unpaired) electrons. The van der Waals surface area contributed by atoms with Crippen molar-refractivity contribution in [1.82, 2.24) is 15.1 Å². The number of aromatic amines is 1. The maximum absolute atomic E-state index is 14.1. The highest BCUT2D eigenvalue weighted by Crippen LogP contribution is 2.47. The average molecular weight is 558 g/mol. The van der Waals surface area contributed by atoms with E-state index in [0.29, 0.717) is 41.8 Å². The van der Waals surface area contributed by atoms with Crippen LogP contribution in [0.15, 0.2) is 27.5 Å². The van der Waals surface area contributed by atoms with Crippen molar-refractivity contribution in [2.24, 2.45) is 5.92 Å². The molecule has 3 aromatic rings. The lowest BCUT2D eigenvalue weighted by molar-refractivity contribution is -0.226. The molecule has 2 aromatic heterocycles. The van der Waals surface area contributed by atoms with E-state index < -0.39 is 29.9 Å². The summed E-state index contributed by atoms with van der Waals surface area (Å²) in [6, 6.07) is 5.14. The first-order chi connectivity index (χ1) is 17.9. The Labute approximate surface area is 219 Å². The molecule has 1 atom stereocenters. The highest BCUT2D eigenvalue weighted by atomic mass is 32.1. The van der Waals surface area contributed by atoms with Gasteiger partial charge in [-0.05, 0) is 69.4 Å². The Morgan fingerprint density at radius 2 is 1.79 bits per heavy atom. The minimum absolute atomic E-state index is 0.00495. The SMILES string of the molecule is Cc1nc(C2CCC(C(C)(F)F)CC2)sc1C(OCc1ccc(-c2noc(=O)[nH]2)c(C2CC2)c1)C(F)(F)F. The van der Waals surface area contributed by atoms with Crippen molar-refractivity contribution < 1.29 is 31.2 Å². The van der Waals surface area contributed by atoms with Crippen LogP contribution in [0.2, 0.25) is 0 Å². The van der Waals surface area contributed by atoms with E-state index in [1.165, 1.54) is 6.92 Å². The van der Waals surface area contributed by atoms with E-state index >= 15 is 0 Å². The summed E-state index contributed by atoms with van der Waals surface area (Å²) in [5, 5.41) is 4.28. The Kier molecular flexibility index (Phi) is 7.23. The van der Waals surface area contributed by atoms with E-state index in [9.17, 15) is 26.7 Å². The normalized spacial score (nSPS) is 21.6. The van der Waals surface area contributed by atoms with Gasteiger partial charge in [0.2, 0.25) is 5.92 Å². The number of benzene rings is 1. The molecule has 2 aliphatic rings. The van der Waals surface area contributed by atoms with E-state index in [1.54, 1.807) is 18.2 Å². The predicted molar refractivity (Wildman–Crippen MR) is 130 cm³/mol. The topological polar surface area (TPSA) is 81.0 Å². The number of hydrogen-bond donors (Lipinski definition) is 1. The number of nitrogens with one attached hydrogen (secondary N) is 1. The summed E-state index contributed by atoms with van der Waals surface area (Å²) >= 11 is 0.969. The highest BCUT2D eigenvalue weighted by Gasteiger charge is 2.45. The molecular weight excluding hydrogens is 529 g/mol.